The van der Waals surface area contributed by atoms with Crippen LogP contribution in [0.2, 0.25) is 0 Å². The number of furan rings is 1. The van der Waals surface area contributed by atoms with Crippen molar-refractivity contribution in [3.05, 3.63) is 27.5 Å². The van der Waals surface area contributed by atoms with Crippen molar-refractivity contribution >= 4 is 62.2 Å². The number of esters is 1. The number of amides is 1. The normalized spacial score (nSPS) is 20.9. The quantitative estimate of drug-likeness (QED) is 0.407. The zero-order chi connectivity index (χ0) is 17.1. The molecule has 2 heterocycles. The molecule has 1 saturated carbocycles. The van der Waals surface area contributed by atoms with E-state index in [4.69, 9.17) is 21.4 Å². The van der Waals surface area contributed by atoms with Crippen LogP contribution >= 0.6 is 39.9 Å². The second-order valence-corrected chi connectivity index (χ2v) is 8.12. The van der Waals surface area contributed by atoms with Gasteiger partial charge < -0.3 is 9.15 Å². The van der Waals surface area contributed by atoms with Gasteiger partial charge in [-0.1, -0.05) is 30.4 Å². The molecular weight excluding hydrogens is 414 g/mol. The van der Waals surface area contributed by atoms with Gasteiger partial charge in [-0.3, -0.25) is 14.5 Å². The van der Waals surface area contributed by atoms with Crippen molar-refractivity contribution in [2.24, 2.45) is 0 Å². The first-order valence-corrected chi connectivity index (χ1v) is 9.75. The summed E-state index contributed by atoms with van der Waals surface area (Å²) in [6.45, 7) is -0.139. The minimum Gasteiger partial charge on any atom is -0.461 e. The van der Waals surface area contributed by atoms with E-state index in [0.29, 0.717) is 19.7 Å². The van der Waals surface area contributed by atoms with E-state index in [-0.39, 0.29) is 18.6 Å². The molecule has 1 aliphatic carbocycles. The Kier molecular flexibility index (Phi) is 5.78. The van der Waals surface area contributed by atoms with Crippen LogP contribution in [0, 0.1) is 0 Å². The molecule has 0 unspecified atom stereocenters. The Bertz CT molecular complexity index is 694. The molecule has 0 atom stereocenters. The number of rotatable bonds is 4. The summed E-state index contributed by atoms with van der Waals surface area (Å²) in [6.07, 6.45) is 6.75. The average molecular weight is 430 g/mol. The molecule has 128 valence electrons. The summed E-state index contributed by atoms with van der Waals surface area (Å²) in [7, 11) is 0. The number of hydrogen-bond donors (Lipinski definition) is 0. The number of nitrogens with zero attached hydrogens (tertiary/aromatic N) is 1. The molecule has 1 amide bonds. The van der Waals surface area contributed by atoms with Crippen molar-refractivity contribution in [1.82, 2.24) is 4.90 Å². The number of carbonyl (C=O) groups excluding carboxylic acids is 2. The van der Waals surface area contributed by atoms with Gasteiger partial charge in [-0.2, -0.15) is 0 Å². The molecule has 1 aromatic heterocycles. The van der Waals surface area contributed by atoms with E-state index in [0.717, 1.165) is 37.4 Å². The molecule has 0 bridgehead atoms. The molecule has 0 N–H and O–H groups in total. The van der Waals surface area contributed by atoms with Crippen molar-refractivity contribution in [1.29, 1.82) is 0 Å². The van der Waals surface area contributed by atoms with E-state index >= 15 is 0 Å². The van der Waals surface area contributed by atoms with Gasteiger partial charge in [0.15, 0.2) is 4.67 Å². The van der Waals surface area contributed by atoms with Crippen molar-refractivity contribution in [3.63, 3.8) is 0 Å². The van der Waals surface area contributed by atoms with Gasteiger partial charge in [-0.05, 0) is 53.7 Å². The van der Waals surface area contributed by atoms with Gasteiger partial charge in [0.25, 0.3) is 5.91 Å². The maximum atomic E-state index is 12.4. The number of hydrogen-bond acceptors (Lipinski definition) is 6. The Morgan fingerprint density at radius 1 is 1.42 bits per heavy atom. The van der Waals surface area contributed by atoms with E-state index in [1.165, 1.54) is 11.3 Å². The maximum absolute atomic E-state index is 12.4. The van der Waals surface area contributed by atoms with E-state index in [9.17, 15) is 9.59 Å². The number of carbonyl (C=O) groups is 2. The first-order valence-electron chi connectivity index (χ1n) is 7.73. The fourth-order valence-corrected chi connectivity index (χ4v) is 4.26. The van der Waals surface area contributed by atoms with Gasteiger partial charge in [0.1, 0.15) is 22.7 Å². The van der Waals surface area contributed by atoms with Crippen LogP contribution in [0.25, 0.3) is 6.08 Å². The molecule has 1 saturated heterocycles. The topological polar surface area (TPSA) is 59.8 Å². The molecule has 5 nitrogen and oxygen atoms in total. The molecular formula is C16H16BrNO4S2. The molecule has 2 fully saturated rings. The summed E-state index contributed by atoms with van der Waals surface area (Å²) in [5.74, 6) is -0.148. The summed E-state index contributed by atoms with van der Waals surface area (Å²) < 4.78 is 11.8. The van der Waals surface area contributed by atoms with Crippen molar-refractivity contribution in [3.8, 4) is 0 Å². The highest BCUT2D eigenvalue weighted by Gasteiger charge is 2.34. The van der Waals surface area contributed by atoms with Crippen LogP contribution < -0.4 is 0 Å². The predicted molar refractivity (Wildman–Crippen MR) is 99.3 cm³/mol. The molecule has 2 aliphatic rings. The predicted octanol–water partition coefficient (Wildman–Crippen LogP) is 4.12. The fourth-order valence-electron chi connectivity index (χ4n) is 2.71. The molecule has 0 aromatic carbocycles. The Morgan fingerprint density at radius 2 is 2.17 bits per heavy atom. The monoisotopic (exact) mass is 429 g/mol. The largest absolute Gasteiger partial charge is 0.461 e. The molecule has 3 rings (SSSR count). The van der Waals surface area contributed by atoms with Crippen molar-refractivity contribution in [2.45, 2.75) is 38.2 Å². The fraction of sp³-hybridized carbons (Fsp3) is 0.438. The van der Waals surface area contributed by atoms with E-state index in [1.807, 2.05) is 0 Å². The molecule has 1 aromatic rings. The third-order valence-electron chi connectivity index (χ3n) is 3.88. The van der Waals surface area contributed by atoms with Crippen molar-refractivity contribution in [2.75, 3.05) is 6.54 Å². The highest BCUT2D eigenvalue weighted by atomic mass is 79.9. The van der Waals surface area contributed by atoms with E-state index in [1.54, 1.807) is 18.2 Å². The molecule has 1 aliphatic heterocycles. The minimum absolute atomic E-state index is 0.0272. The van der Waals surface area contributed by atoms with Crippen LogP contribution in [-0.4, -0.2) is 33.7 Å². The third-order valence-corrected chi connectivity index (χ3v) is 5.68. The van der Waals surface area contributed by atoms with Gasteiger partial charge >= 0.3 is 5.97 Å². The molecule has 0 spiro atoms. The number of thioether (sulfide) groups is 1. The van der Waals surface area contributed by atoms with Crippen molar-refractivity contribution < 1.29 is 18.7 Å². The lowest BCUT2D eigenvalue weighted by Gasteiger charge is -2.23. The van der Waals surface area contributed by atoms with Gasteiger partial charge in [0.05, 0.1) is 4.91 Å². The lowest BCUT2D eigenvalue weighted by Crippen LogP contribution is -2.36. The van der Waals surface area contributed by atoms with Crippen LogP contribution in [0.1, 0.15) is 37.9 Å². The summed E-state index contributed by atoms with van der Waals surface area (Å²) in [6, 6.07) is 3.49. The summed E-state index contributed by atoms with van der Waals surface area (Å²) in [5.41, 5.74) is 0. The smallest absolute Gasteiger partial charge is 0.326 e. The van der Waals surface area contributed by atoms with Gasteiger partial charge in [-0.15, -0.1) is 0 Å². The number of halogens is 1. The second-order valence-electron chi connectivity index (χ2n) is 5.66. The van der Waals surface area contributed by atoms with Gasteiger partial charge in [0.2, 0.25) is 0 Å². The number of ether oxygens (including phenoxy) is 1. The molecule has 8 heteroatoms. The van der Waals surface area contributed by atoms with Crippen LogP contribution in [-0.2, 0) is 14.3 Å². The average Bonchev–Trinajstić information content (AvgIpc) is 3.07. The Morgan fingerprint density at radius 3 is 2.83 bits per heavy atom. The lowest BCUT2D eigenvalue weighted by atomic mass is 9.98. The summed E-state index contributed by atoms with van der Waals surface area (Å²) in [4.78, 5) is 26.3. The minimum atomic E-state index is -0.403. The molecule has 24 heavy (non-hydrogen) atoms. The van der Waals surface area contributed by atoms with Crippen LogP contribution in [0.15, 0.2) is 26.1 Å². The highest BCUT2D eigenvalue weighted by Crippen LogP contribution is 2.33. The lowest BCUT2D eigenvalue weighted by molar-refractivity contribution is -0.152. The number of thiocarbonyl (C=S) groups is 1. The van der Waals surface area contributed by atoms with Gasteiger partial charge in [0, 0.05) is 6.08 Å². The zero-order valence-electron chi connectivity index (χ0n) is 12.8. The Balaban J connectivity index is 1.61. The Labute approximate surface area is 157 Å². The van der Waals surface area contributed by atoms with Crippen LogP contribution in [0.3, 0.4) is 0 Å². The summed E-state index contributed by atoms with van der Waals surface area (Å²) >= 11 is 9.59. The standard InChI is InChI=1S/C16H16BrNO4S2/c17-13-7-6-11(21-13)8-12-15(20)18(16(23)24-12)9-14(19)22-10-4-2-1-3-5-10/h6-8,10H,1-5,9H2/b12-8-. The summed E-state index contributed by atoms with van der Waals surface area (Å²) in [5, 5.41) is 0. The second kappa shape index (κ2) is 7.84. The Hall–Kier alpha value is -1.12. The SMILES string of the molecule is O=C(CN1C(=O)/C(=C/c2ccc(Br)o2)SC1=S)OC1CCCCC1. The van der Waals surface area contributed by atoms with E-state index < -0.39 is 5.97 Å². The maximum Gasteiger partial charge on any atom is 0.326 e. The van der Waals surface area contributed by atoms with Gasteiger partial charge in [-0.25, -0.2) is 0 Å². The van der Waals surface area contributed by atoms with Crippen LogP contribution in [0.5, 0.6) is 0 Å². The first-order chi connectivity index (χ1) is 11.5. The first kappa shape index (κ1) is 17.7. The van der Waals surface area contributed by atoms with E-state index in [2.05, 4.69) is 15.9 Å². The molecule has 0 radical (unpaired) electrons. The highest BCUT2D eigenvalue weighted by molar-refractivity contribution is 9.10. The third kappa shape index (κ3) is 4.29. The zero-order valence-corrected chi connectivity index (χ0v) is 16.0. The van der Waals surface area contributed by atoms with Crippen LogP contribution in [0.4, 0.5) is 0 Å².